The van der Waals surface area contributed by atoms with Crippen LogP contribution < -0.4 is 9.64 Å². The molecule has 0 aromatic heterocycles. The minimum Gasteiger partial charge on any atom is -0.496 e. The van der Waals surface area contributed by atoms with Gasteiger partial charge in [-0.05, 0) is 42.0 Å². The van der Waals surface area contributed by atoms with Crippen LogP contribution in [-0.4, -0.2) is 26.0 Å². The van der Waals surface area contributed by atoms with Gasteiger partial charge in [0.25, 0.3) is 0 Å². The smallest absolute Gasteiger partial charge is 0.172 e. The van der Waals surface area contributed by atoms with E-state index in [0.29, 0.717) is 22.9 Å². The van der Waals surface area contributed by atoms with Gasteiger partial charge in [0.05, 0.1) is 12.7 Å². The first kappa shape index (κ1) is 18.6. The van der Waals surface area contributed by atoms with E-state index in [-0.39, 0.29) is 17.6 Å². The van der Waals surface area contributed by atoms with Crippen LogP contribution in [0.1, 0.15) is 21.8 Å². The van der Waals surface area contributed by atoms with E-state index in [9.17, 15) is 4.79 Å². The molecule has 1 fully saturated rings. The van der Waals surface area contributed by atoms with E-state index in [4.69, 9.17) is 16.3 Å². The number of rotatable bonds is 5. The average molecular weight is 392 g/mol. The van der Waals surface area contributed by atoms with E-state index in [2.05, 4.69) is 17.0 Å². The third-order valence-electron chi connectivity index (χ3n) is 5.45. The van der Waals surface area contributed by atoms with Gasteiger partial charge in [0.15, 0.2) is 5.78 Å². The van der Waals surface area contributed by atoms with Crippen molar-refractivity contribution >= 4 is 23.1 Å². The first-order valence-corrected chi connectivity index (χ1v) is 9.78. The molecule has 3 aromatic carbocycles. The summed E-state index contributed by atoms with van der Waals surface area (Å²) >= 11 is 6.08. The molecule has 0 radical (unpaired) electrons. The Kier molecular flexibility index (Phi) is 5.36. The molecule has 0 bridgehead atoms. The van der Waals surface area contributed by atoms with Crippen LogP contribution in [0.4, 0.5) is 5.69 Å². The second kappa shape index (κ2) is 8.07. The van der Waals surface area contributed by atoms with Crippen molar-refractivity contribution in [1.82, 2.24) is 0 Å². The highest BCUT2D eigenvalue weighted by Gasteiger charge is 2.39. The zero-order valence-electron chi connectivity index (χ0n) is 15.7. The Labute approximate surface area is 170 Å². The van der Waals surface area contributed by atoms with Crippen LogP contribution in [0.2, 0.25) is 5.02 Å². The van der Waals surface area contributed by atoms with Gasteiger partial charge in [-0.2, -0.15) is 0 Å². The molecule has 0 spiro atoms. The molecule has 0 amide bonds. The van der Waals surface area contributed by atoms with Crippen molar-refractivity contribution < 1.29 is 9.53 Å². The fourth-order valence-corrected chi connectivity index (χ4v) is 4.14. The Morgan fingerprint density at radius 3 is 2.32 bits per heavy atom. The number of para-hydroxylation sites is 2. The quantitative estimate of drug-likeness (QED) is 0.541. The number of nitrogens with zero attached hydrogens (tertiary/aromatic N) is 1. The highest BCUT2D eigenvalue weighted by molar-refractivity contribution is 6.30. The van der Waals surface area contributed by atoms with Crippen molar-refractivity contribution in [3.05, 3.63) is 95.0 Å². The molecular weight excluding hydrogens is 370 g/mol. The Morgan fingerprint density at radius 1 is 0.929 bits per heavy atom. The number of anilines is 1. The Bertz CT molecular complexity index is 956. The molecule has 3 aromatic rings. The topological polar surface area (TPSA) is 29.5 Å². The molecule has 1 aliphatic heterocycles. The van der Waals surface area contributed by atoms with Crippen molar-refractivity contribution in [1.29, 1.82) is 0 Å². The molecule has 2 atom stereocenters. The third kappa shape index (κ3) is 3.63. The monoisotopic (exact) mass is 391 g/mol. The number of halogens is 1. The van der Waals surface area contributed by atoms with E-state index < -0.39 is 0 Å². The molecular formula is C24H22ClNO2. The van der Waals surface area contributed by atoms with E-state index in [1.807, 2.05) is 66.7 Å². The average Bonchev–Trinajstić information content (AvgIpc) is 3.20. The summed E-state index contributed by atoms with van der Waals surface area (Å²) in [6.07, 6.45) is 0. The molecule has 0 aliphatic carbocycles. The predicted molar refractivity (Wildman–Crippen MR) is 114 cm³/mol. The SMILES string of the molecule is COc1ccccc1C(=O)C1CN(c2ccccc2)CC1c1ccc(Cl)cc1. The fourth-order valence-electron chi connectivity index (χ4n) is 4.01. The summed E-state index contributed by atoms with van der Waals surface area (Å²) in [6.45, 7) is 1.46. The first-order valence-electron chi connectivity index (χ1n) is 9.40. The van der Waals surface area contributed by atoms with E-state index in [1.54, 1.807) is 7.11 Å². The molecule has 3 nitrogen and oxygen atoms in total. The van der Waals surface area contributed by atoms with Crippen molar-refractivity contribution in [2.24, 2.45) is 5.92 Å². The maximum absolute atomic E-state index is 13.5. The van der Waals surface area contributed by atoms with Crippen molar-refractivity contribution in [3.8, 4) is 5.75 Å². The van der Waals surface area contributed by atoms with E-state index >= 15 is 0 Å². The van der Waals surface area contributed by atoms with Crippen LogP contribution in [0.15, 0.2) is 78.9 Å². The number of hydrogen-bond donors (Lipinski definition) is 0. The summed E-state index contributed by atoms with van der Waals surface area (Å²) in [6, 6.07) is 25.6. The number of ketones is 1. The fraction of sp³-hybridized carbons (Fsp3) is 0.208. The maximum Gasteiger partial charge on any atom is 0.172 e. The second-order valence-electron chi connectivity index (χ2n) is 7.07. The molecule has 28 heavy (non-hydrogen) atoms. The zero-order chi connectivity index (χ0) is 19.5. The number of benzene rings is 3. The van der Waals surface area contributed by atoms with Gasteiger partial charge in [0.2, 0.25) is 0 Å². The lowest BCUT2D eigenvalue weighted by molar-refractivity contribution is 0.0918. The zero-order valence-corrected chi connectivity index (χ0v) is 16.5. The minimum absolute atomic E-state index is 0.0925. The number of ether oxygens (including phenoxy) is 1. The maximum atomic E-state index is 13.5. The first-order chi connectivity index (χ1) is 13.7. The summed E-state index contributed by atoms with van der Waals surface area (Å²) in [5.41, 5.74) is 2.91. The van der Waals surface area contributed by atoms with Crippen LogP contribution in [-0.2, 0) is 0 Å². The van der Waals surface area contributed by atoms with E-state index in [1.165, 1.54) is 0 Å². The summed E-state index contributed by atoms with van der Waals surface area (Å²) < 4.78 is 5.44. The number of carbonyl (C=O) groups is 1. The molecule has 1 heterocycles. The van der Waals surface area contributed by atoms with Gasteiger partial charge in [-0.1, -0.05) is 54.1 Å². The van der Waals surface area contributed by atoms with Crippen LogP contribution in [0.5, 0.6) is 5.75 Å². The molecule has 0 saturated carbocycles. The molecule has 0 N–H and O–H groups in total. The lowest BCUT2D eigenvalue weighted by atomic mass is 9.83. The van der Waals surface area contributed by atoms with Crippen LogP contribution in [0, 0.1) is 5.92 Å². The van der Waals surface area contributed by atoms with Crippen LogP contribution in [0.25, 0.3) is 0 Å². The van der Waals surface area contributed by atoms with Gasteiger partial charge in [0.1, 0.15) is 5.75 Å². The van der Waals surface area contributed by atoms with Gasteiger partial charge in [-0.15, -0.1) is 0 Å². The number of carbonyl (C=O) groups excluding carboxylic acids is 1. The summed E-state index contributed by atoms with van der Waals surface area (Å²) in [5.74, 6) is 0.684. The largest absolute Gasteiger partial charge is 0.496 e. The van der Waals surface area contributed by atoms with Crippen LogP contribution >= 0.6 is 11.6 Å². The van der Waals surface area contributed by atoms with Gasteiger partial charge < -0.3 is 9.64 Å². The molecule has 4 heteroatoms. The lowest BCUT2D eigenvalue weighted by Gasteiger charge is -2.18. The second-order valence-corrected chi connectivity index (χ2v) is 7.51. The predicted octanol–water partition coefficient (Wildman–Crippen LogP) is 5.45. The highest BCUT2D eigenvalue weighted by atomic mass is 35.5. The molecule has 2 unspecified atom stereocenters. The van der Waals surface area contributed by atoms with Gasteiger partial charge in [0, 0.05) is 35.6 Å². The van der Waals surface area contributed by atoms with Gasteiger partial charge >= 0.3 is 0 Å². The molecule has 1 saturated heterocycles. The standard InChI is InChI=1S/C24H22ClNO2/c1-28-23-10-6-5-9-20(23)24(27)22-16-26(19-7-3-2-4-8-19)15-21(22)17-11-13-18(25)14-12-17/h2-14,21-22H,15-16H2,1H3. The number of Topliss-reactive ketones (excluding diaryl/α,β-unsaturated/α-hetero) is 1. The van der Waals surface area contributed by atoms with E-state index in [0.717, 1.165) is 17.8 Å². The molecule has 1 aliphatic rings. The summed E-state index contributed by atoms with van der Waals surface area (Å²) in [7, 11) is 1.60. The summed E-state index contributed by atoms with van der Waals surface area (Å²) in [4.78, 5) is 15.8. The number of hydrogen-bond acceptors (Lipinski definition) is 3. The van der Waals surface area contributed by atoms with Crippen molar-refractivity contribution in [2.75, 3.05) is 25.1 Å². The Hall–Kier alpha value is -2.78. The molecule has 4 rings (SSSR count). The third-order valence-corrected chi connectivity index (χ3v) is 5.70. The Morgan fingerprint density at radius 2 is 1.61 bits per heavy atom. The highest BCUT2D eigenvalue weighted by Crippen LogP contribution is 2.38. The minimum atomic E-state index is -0.155. The Balaban J connectivity index is 1.71. The lowest BCUT2D eigenvalue weighted by Crippen LogP contribution is -2.24. The number of methoxy groups -OCH3 is 1. The van der Waals surface area contributed by atoms with Crippen molar-refractivity contribution in [3.63, 3.8) is 0 Å². The normalized spacial score (nSPS) is 18.9. The van der Waals surface area contributed by atoms with Gasteiger partial charge in [-0.3, -0.25) is 4.79 Å². The molecule has 142 valence electrons. The van der Waals surface area contributed by atoms with Crippen LogP contribution in [0.3, 0.4) is 0 Å². The van der Waals surface area contributed by atoms with Crippen molar-refractivity contribution in [2.45, 2.75) is 5.92 Å². The van der Waals surface area contributed by atoms with Gasteiger partial charge in [-0.25, -0.2) is 0 Å². The summed E-state index contributed by atoms with van der Waals surface area (Å²) in [5, 5.41) is 0.703.